The average molecular weight is 358 g/mol. The van der Waals surface area contributed by atoms with Gasteiger partial charge in [0.15, 0.2) is 5.75 Å². The highest BCUT2D eigenvalue weighted by atomic mass is 16.3. The first kappa shape index (κ1) is 20.0. The number of carbonyl (C=O) groups is 1. The molecule has 0 aliphatic carbocycles. The number of nitrogens with one attached hydrogen (secondary N) is 2. The van der Waals surface area contributed by atoms with Crippen LogP contribution in [0.2, 0.25) is 0 Å². The number of aromatic amines is 1. The molecule has 0 atom stereocenters. The summed E-state index contributed by atoms with van der Waals surface area (Å²) in [6.45, 7) is 2.22. The number of pyridine rings is 1. The van der Waals surface area contributed by atoms with Crippen LogP contribution in [-0.2, 0) is 4.79 Å². The van der Waals surface area contributed by atoms with Crippen molar-refractivity contribution in [2.45, 2.75) is 71.1 Å². The van der Waals surface area contributed by atoms with Crippen LogP contribution in [0.1, 0.15) is 71.1 Å². The number of unbranched alkanes of at least 4 members (excludes halogenated alkanes) is 8. The lowest BCUT2D eigenvalue weighted by Crippen LogP contribution is -2.19. The van der Waals surface area contributed by atoms with E-state index in [1.54, 1.807) is 24.3 Å². The molecule has 0 saturated carbocycles. The monoisotopic (exact) mass is 358 g/mol. The summed E-state index contributed by atoms with van der Waals surface area (Å²) in [5.41, 5.74) is -0.00168. The Morgan fingerprint density at radius 3 is 2.31 bits per heavy atom. The van der Waals surface area contributed by atoms with Gasteiger partial charge >= 0.3 is 0 Å². The van der Waals surface area contributed by atoms with Crippen molar-refractivity contribution in [1.82, 2.24) is 4.98 Å². The number of hydrogen-bond donors (Lipinski definition) is 3. The Balaban J connectivity index is 1.75. The first-order valence-corrected chi connectivity index (χ1v) is 9.77. The van der Waals surface area contributed by atoms with Crippen molar-refractivity contribution in [3.8, 4) is 5.75 Å². The van der Waals surface area contributed by atoms with Gasteiger partial charge in [0.2, 0.25) is 5.91 Å². The molecule has 5 heteroatoms. The van der Waals surface area contributed by atoms with Gasteiger partial charge in [-0.3, -0.25) is 9.59 Å². The molecule has 0 aliphatic heterocycles. The van der Waals surface area contributed by atoms with Crippen molar-refractivity contribution in [2.24, 2.45) is 0 Å². The van der Waals surface area contributed by atoms with Gasteiger partial charge < -0.3 is 15.4 Å². The zero-order valence-corrected chi connectivity index (χ0v) is 15.6. The second kappa shape index (κ2) is 10.6. The topological polar surface area (TPSA) is 82.2 Å². The Hall–Kier alpha value is -2.30. The van der Waals surface area contributed by atoms with Crippen molar-refractivity contribution < 1.29 is 9.90 Å². The smallest absolute Gasteiger partial charge is 0.276 e. The molecular formula is C21H30N2O3. The molecule has 0 fully saturated rings. The first-order valence-electron chi connectivity index (χ1n) is 9.77. The fraction of sp³-hybridized carbons (Fsp3) is 0.524. The van der Waals surface area contributed by atoms with Gasteiger partial charge in [0.25, 0.3) is 5.56 Å². The predicted molar refractivity (Wildman–Crippen MR) is 107 cm³/mol. The van der Waals surface area contributed by atoms with E-state index in [1.165, 1.54) is 38.5 Å². The number of para-hydroxylation sites is 1. The van der Waals surface area contributed by atoms with E-state index in [1.807, 2.05) is 0 Å². The number of hydrogen-bond acceptors (Lipinski definition) is 3. The summed E-state index contributed by atoms with van der Waals surface area (Å²) in [4.78, 5) is 26.8. The molecule has 1 heterocycles. The normalized spacial score (nSPS) is 11.0. The van der Waals surface area contributed by atoms with E-state index in [-0.39, 0.29) is 17.3 Å². The highest BCUT2D eigenvalue weighted by molar-refractivity contribution is 5.97. The van der Waals surface area contributed by atoms with Crippen molar-refractivity contribution in [3.05, 3.63) is 34.6 Å². The van der Waals surface area contributed by atoms with E-state index in [2.05, 4.69) is 17.2 Å². The van der Waals surface area contributed by atoms with Gasteiger partial charge in [0.05, 0.1) is 5.52 Å². The van der Waals surface area contributed by atoms with E-state index in [0.29, 0.717) is 17.3 Å². The van der Waals surface area contributed by atoms with Crippen molar-refractivity contribution >= 4 is 22.5 Å². The second-order valence-electron chi connectivity index (χ2n) is 6.85. The maximum Gasteiger partial charge on any atom is 0.276 e. The maximum atomic E-state index is 12.1. The number of H-pyrrole nitrogens is 1. The summed E-state index contributed by atoms with van der Waals surface area (Å²) >= 11 is 0. The Kier molecular flexibility index (Phi) is 8.19. The molecule has 0 bridgehead atoms. The van der Waals surface area contributed by atoms with Crippen LogP contribution in [0, 0.1) is 0 Å². The van der Waals surface area contributed by atoms with E-state index in [4.69, 9.17) is 0 Å². The van der Waals surface area contributed by atoms with Gasteiger partial charge in [-0.05, 0) is 18.6 Å². The van der Waals surface area contributed by atoms with Gasteiger partial charge in [-0.25, -0.2) is 0 Å². The maximum absolute atomic E-state index is 12.1. The van der Waals surface area contributed by atoms with Gasteiger partial charge in [-0.1, -0.05) is 70.4 Å². The summed E-state index contributed by atoms with van der Waals surface area (Å²) in [7, 11) is 0. The molecule has 0 spiro atoms. The number of aromatic nitrogens is 1. The van der Waals surface area contributed by atoms with Crippen LogP contribution in [0.15, 0.2) is 29.1 Å². The van der Waals surface area contributed by atoms with E-state index in [9.17, 15) is 14.7 Å². The molecule has 1 amide bonds. The minimum atomic E-state index is -0.485. The minimum Gasteiger partial charge on any atom is -0.505 e. The van der Waals surface area contributed by atoms with Crippen LogP contribution in [0.4, 0.5) is 5.69 Å². The molecule has 5 nitrogen and oxygen atoms in total. The quantitative estimate of drug-likeness (QED) is 0.489. The Labute approximate surface area is 154 Å². The fourth-order valence-electron chi connectivity index (χ4n) is 3.14. The third kappa shape index (κ3) is 5.90. The molecule has 0 saturated heterocycles. The highest BCUT2D eigenvalue weighted by Gasteiger charge is 2.14. The molecular weight excluding hydrogens is 328 g/mol. The predicted octanol–water partition coefficient (Wildman–Crippen LogP) is 5.09. The van der Waals surface area contributed by atoms with Gasteiger partial charge in [0.1, 0.15) is 5.69 Å². The molecule has 0 aliphatic rings. The number of fused-ring (bicyclic) bond motifs is 1. The number of amides is 1. The lowest BCUT2D eigenvalue weighted by Gasteiger charge is -2.09. The van der Waals surface area contributed by atoms with Crippen LogP contribution in [0.3, 0.4) is 0 Å². The van der Waals surface area contributed by atoms with E-state index in [0.717, 1.165) is 19.3 Å². The largest absolute Gasteiger partial charge is 0.505 e. The SMILES string of the molecule is CCCCCCCCCCCC(=O)Nc1c(O)c2ccccc2[nH]c1=O. The molecule has 0 unspecified atom stereocenters. The summed E-state index contributed by atoms with van der Waals surface area (Å²) in [5, 5.41) is 13.4. The van der Waals surface area contributed by atoms with Crippen molar-refractivity contribution in [2.75, 3.05) is 5.32 Å². The van der Waals surface area contributed by atoms with Gasteiger partial charge in [-0.2, -0.15) is 0 Å². The van der Waals surface area contributed by atoms with Crippen molar-refractivity contribution in [1.29, 1.82) is 0 Å². The zero-order chi connectivity index (χ0) is 18.8. The fourth-order valence-corrected chi connectivity index (χ4v) is 3.14. The Morgan fingerprint density at radius 1 is 1.00 bits per heavy atom. The van der Waals surface area contributed by atoms with Crippen molar-refractivity contribution in [3.63, 3.8) is 0 Å². The average Bonchev–Trinajstić information content (AvgIpc) is 2.64. The number of carbonyl (C=O) groups excluding carboxylic acids is 1. The lowest BCUT2D eigenvalue weighted by atomic mass is 10.1. The van der Waals surface area contributed by atoms with E-state index < -0.39 is 5.56 Å². The zero-order valence-electron chi connectivity index (χ0n) is 15.6. The standard InChI is InChI=1S/C21H30N2O3/c1-2-3-4-5-6-7-8-9-10-15-18(24)23-19-20(25)16-13-11-12-14-17(16)22-21(19)26/h11-14H,2-10,15H2,1H3,(H,23,24)(H2,22,25,26). The summed E-state index contributed by atoms with van der Waals surface area (Å²) in [6, 6.07) is 6.97. The van der Waals surface area contributed by atoms with Crippen LogP contribution in [0.5, 0.6) is 5.75 Å². The summed E-state index contributed by atoms with van der Waals surface area (Å²) in [6.07, 6.45) is 11.0. The highest BCUT2D eigenvalue weighted by Crippen LogP contribution is 2.28. The molecule has 2 rings (SSSR count). The van der Waals surface area contributed by atoms with Crippen LogP contribution in [0.25, 0.3) is 10.9 Å². The molecule has 3 N–H and O–H groups in total. The molecule has 142 valence electrons. The number of aromatic hydroxyl groups is 1. The second-order valence-corrected chi connectivity index (χ2v) is 6.85. The first-order chi connectivity index (χ1) is 12.6. The molecule has 0 radical (unpaired) electrons. The number of rotatable bonds is 11. The number of benzene rings is 1. The minimum absolute atomic E-state index is 0.0652. The van der Waals surface area contributed by atoms with Crippen LogP contribution in [-0.4, -0.2) is 16.0 Å². The summed E-state index contributed by atoms with van der Waals surface area (Å²) < 4.78 is 0. The Morgan fingerprint density at radius 2 is 1.62 bits per heavy atom. The third-order valence-corrected chi connectivity index (χ3v) is 4.67. The Bertz CT molecular complexity index is 767. The van der Waals surface area contributed by atoms with Gasteiger partial charge in [-0.15, -0.1) is 0 Å². The van der Waals surface area contributed by atoms with Crippen LogP contribution >= 0.6 is 0 Å². The molecule has 1 aromatic heterocycles. The lowest BCUT2D eigenvalue weighted by molar-refractivity contribution is -0.116. The molecule has 26 heavy (non-hydrogen) atoms. The molecule has 2 aromatic rings. The van der Waals surface area contributed by atoms with Crippen LogP contribution < -0.4 is 10.9 Å². The third-order valence-electron chi connectivity index (χ3n) is 4.67. The number of anilines is 1. The van der Waals surface area contributed by atoms with Gasteiger partial charge in [0, 0.05) is 11.8 Å². The van der Waals surface area contributed by atoms with E-state index >= 15 is 0 Å². The summed E-state index contributed by atoms with van der Waals surface area (Å²) in [5.74, 6) is -0.409. The molecule has 1 aromatic carbocycles.